The Balaban J connectivity index is 1.72. The van der Waals surface area contributed by atoms with Gasteiger partial charge in [-0.25, -0.2) is 4.79 Å². The van der Waals surface area contributed by atoms with E-state index < -0.39 is 0 Å². The molecule has 0 atom stereocenters. The van der Waals surface area contributed by atoms with Gasteiger partial charge in [0.1, 0.15) is 6.61 Å². The zero-order chi connectivity index (χ0) is 13.9. The molecule has 6 nitrogen and oxygen atoms in total. The molecule has 2 aliphatic rings. The van der Waals surface area contributed by atoms with Crippen molar-refractivity contribution in [2.45, 2.75) is 0 Å². The molecule has 3 rings (SSSR count). The number of hydrogen-bond donors (Lipinski definition) is 1. The second-order valence-corrected chi connectivity index (χ2v) is 4.86. The van der Waals surface area contributed by atoms with E-state index in [0.717, 1.165) is 31.9 Å². The van der Waals surface area contributed by atoms with Crippen LogP contribution in [0.5, 0.6) is 0 Å². The van der Waals surface area contributed by atoms with E-state index >= 15 is 0 Å². The second kappa shape index (κ2) is 5.50. The zero-order valence-electron chi connectivity index (χ0n) is 11.2. The van der Waals surface area contributed by atoms with Crippen LogP contribution in [-0.2, 0) is 4.74 Å². The molecule has 2 heterocycles. The number of hydrogen-bond acceptors (Lipinski definition) is 4. The van der Waals surface area contributed by atoms with E-state index in [1.54, 1.807) is 29.2 Å². The minimum atomic E-state index is -0.328. The molecule has 0 saturated carbocycles. The molecule has 0 aromatic heterocycles. The number of rotatable bonds is 2. The van der Waals surface area contributed by atoms with Gasteiger partial charge in [0.25, 0.3) is 5.91 Å². The minimum absolute atomic E-state index is 0.0436. The molecule has 0 radical (unpaired) electrons. The zero-order valence-corrected chi connectivity index (χ0v) is 11.2. The van der Waals surface area contributed by atoms with E-state index in [-0.39, 0.29) is 12.0 Å². The summed E-state index contributed by atoms with van der Waals surface area (Å²) in [7, 11) is 0. The van der Waals surface area contributed by atoms with Crippen LogP contribution in [0.2, 0.25) is 0 Å². The van der Waals surface area contributed by atoms with Crippen LogP contribution in [0.3, 0.4) is 0 Å². The summed E-state index contributed by atoms with van der Waals surface area (Å²) in [5.74, 6) is 0.0436. The van der Waals surface area contributed by atoms with Crippen molar-refractivity contribution in [1.29, 1.82) is 0 Å². The fourth-order valence-electron chi connectivity index (χ4n) is 2.46. The molecule has 0 unspecified atom stereocenters. The van der Waals surface area contributed by atoms with E-state index in [2.05, 4.69) is 5.32 Å². The van der Waals surface area contributed by atoms with Gasteiger partial charge >= 0.3 is 6.09 Å². The third kappa shape index (κ3) is 2.46. The van der Waals surface area contributed by atoms with Crippen LogP contribution < -0.4 is 10.2 Å². The number of amides is 2. The summed E-state index contributed by atoms with van der Waals surface area (Å²) in [6.45, 7) is 4.12. The third-order valence-corrected chi connectivity index (χ3v) is 3.59. The number of carbonyl (C=O) groups excluding carboxylic acids is 2. The summed E-state index contributed by atoms with van der Waals surface area (Å²) in [5, 5.41) is 3.22. The number of nitrogens with zero attached hydrogens (tertiary/aromatic N) is 2. The van der Waals surface area contributed by atoms with Gasteiger partial charge in [0.15, 0.2) is 0 Å². The Morgan fingerprint density at radius 1 is 1.10 bits per heavy atom. The third-order valence-electron chi connectivity index (χ3n) is 3.59. The lowest BCUT2D eigenvalue weighted by Crippen LogP contribution is -2.46. The van der Waals surface area contributed by atoms with Gasteiger partial charge in [-0.15, -0.1) is 0 Å². The average molecular weight is 275 g/mol. The summed E-state index contributed by atoms with van der Waals surface area (Å²) in [4.78, 5) is 27.2. The van der Waals surface area contributed by atoms with Crippen molar-refractivity contribution < 1.29 is 14.3 Å². The molecule has 1 aromatic carbocycles. The first-order valence-electron chi connectivity index (χ1n) is 6.80. The Morgan fingerprint density at radius 2 is 1.80 bits per heavy atom. The first kappa shape index (κ1) is 12.9. The minimum Gasteiger partial charge on any atom is -0.447 e. The van der Waals surface area contributed by atoms with Gasteiger partial charge in [-0.05, 0) is 24.3 Å². The van der Waals surface area contributed by atoms with Gasteiger partial charge in [0.2, 0.25) is 0 Å². The summed E-state index contributed by atoms with van der Waals surface area (Å²) in [6.07, 6.45) is -0.328. The van der Waals surface area contributed by atoms with Crippen molar-refractivity contribution >= 4 is 17.7 Å². The molecular weight excluding hydrogens is 258 g/mol. The maximum absolute atomic E-state index is 12.3. The normalized spacial score (nSPS) is 19.1. The van der Waals surface area contributed by atoms with Gasteiger partial charge in [-0.1, -0.05) is 0 Å². The molecule has 20 heavy (non-hydrogen) atoms. The number of piperazine rings is 1. The summed E-state index contributed by atoms with van der Waals surface area (Å²) < 4.78 is 4.90. The predicted molar refractivity (Wildman–Crippen MR) is 73.9 cm³/mol. The number of ether oxygens (including phenoxy) is 1. The monoisotopic (exact) mass is 275 g/mol. The maximum Gasteiger partial charge on any atom is 0.414 e. The molecule has 6 heteroatoms. The number of benzene rings is 1. The van der Waals surface area contributed by atoms with E-state index in [1.807, 2.05) is 4.90 Å². The van der Waals surface area contributed by atoms with E-state index in [1.165, 1.54) is 0 Å². The summed E-state index contributed by atoms with van der Waals surface area (Å²) in [6, 6.07) is 7.13. The molecule has 2 amide bonds. The van der Waals surface area contributed by atoms with Crippen LogP contribution in [-0.4, -0.2) is 56.2 Å². The van der Waals surface area contributed by atoms with E-state index in [4.69, 9.17) is 4.74 Å². The second-order valence-electron chi connectivity index (χ2n) is 4.86. The van der Waals surface area contributed by atoms with Crippen LogP contribution in [0.1, 0.15) is 10.4 Å². The number of carbonyl (C=O) groups is 2. The van der Waals surface area contributed by atoms with Crippen molar-refractivity contribution in [3.8, 4) is 0 Å². The average Bonchev–Trinajstić information content (AvgIpc) is 2.94. The van der Waals surface area contributed by atoms with Gasteiger partial charge in [-0.2, -0.15) is 0 Å². The Hall–Kier alpha value is -2.08. The number of cyclic esters (lactones) is 1. The largest absolute Gasteiger partial charge is 0.447 e. The fraction of sp³-hybridized carbons (Fsp3) is 0.429. The van der Waals surface area contributed by atoms with Crippen LogP contribution >= 0.6 is 0 Å². The predicted octanol–water partition coefficient (Wildman–Crippen LogP) is 0.689. The molecule has 1 aromatic rings. The Bertz CT molecular complexity index is 509. The lowest BCUT2D eigenvalue weighted by atomic mass is 10.1. The first-order valence-corrected chi connectivity index (χ1v) is 6.80. The quantitative estimate of drug-likeness (QED) is 0.862. The lowest BCUT2D eigenvalue weighted by Gasteiger charge is -2.27. The smallest absolute Gasteiger partial charge is 0.414 e. The SMILES string of the molecule is O=C(c1ccc(N2CCOC2=O)cc1)N1CCNCC1. The van der Waals surface area contributed by atoms with Crippen molar-refractivity contribution in [3.05, 3.63) is 29.8 Å². The molecule has 2 fully saturated rings. The van der Waals surface area contributed by atoms with Crippen LogP contribution in [0, 0.1) is 0 Å². The van der Waals surface area contributed by atoms with Crippen molar-refractivity contribution in [2.24, 2.45) is 0 Å². The molecule has 2 aliphatic heterocycles. The van der Waals surface area contributed by atoms with Gasteiger partial charge in [0.05, 0.1) is 6.54 Å². The molecule has 106 valence electrons. The van der Waals surface area contributed by atoms with Crippen molar-refractivity contribution in [1.82, 2.24) is 10.2 Å². The highest BCUT2D eigenvalue weighted by Crippen LogP contribution is 2.19. The van der Waals surface area contributed by atoms with Crippen LogP contribution in [0.25, 0.3) is 0 Å². The van der Waals surface area contributed by atoms with E-state index in [0.29, 0.717) is 18.7 Å². The number of anilines is 1. The van der Waals surface area contributed by atoms with Crippen molar-refractivity contribution in [2.75, 3.05) is 44.2 Å². The fourth-order valence-corrected chi connectivity index (χ4v) is 2.46. The molecule has 1 N–H and O–H groups in total. The molecule has 0 aliphatic carbocycles. The highest BCUT2D eigenvalue weighted by molar-refractivity contribution is 5.95. The molecular formula is C14H17N3O3. The Kier molecular flexibility index (Phi) is 3.56. The van der Waals surface area contributed by atoms with Gasteiger partial charge in [-0.3, -0.25) is 9.69 Å². The molecule has 0 spiro atoms. The van der Waals surface area contributed by atoms with Crippen LogP contribution in [0.15, 0.2) is 24.3 Å². The van der Waals surface area contributed by atoms with Gasteiger partial charge in [0, 0.05) is 37.4 Å². The summed E-state index contributed by atoms with van der Waals surface area (Å²) in [5.41, 5.74) is 1.42. The highest BCUT2D eigenvalue weighted by atomic mass is 16.6. The lowest BCUT2D eigenvalue weighted by molar-refractivity contribution is 0.0736. The van der Waals surface area contributed by atoms with Crippen LogP contribution in [0.4, 0.5) is 10.5 Å². The molecule has 2 saturated heterocycles. The molecule has 0 bridgehead atoms. The maximum atomic E-state index is 12.3. The van der Waals surface area contributed by atoms with E-state index in [9.17, 15) is 9.59 Å². The summed E-state index contributed by atoms with van der Waals surface area (Å²) >= 11 is 0. The Morgan fingerprint density at radius 3 is 2.40 bits per heavy atom. The van der Waals surface area contributed by atoms with Gasteiger partial charge < -0.3 is 15.0 Å². The standard InChI is InChI=1S/C14H17N3O3/c18-13(16-7-5-15-6-8-16)11-1-3-12(4-2-11)17-9-10-20-14(17)19/h1-4,15H,5-10H2. The topological polar surface area (TPSA) is 61.9 Å². The first-order chi connectivity index (χ1) is 9.75. The number of nitrogens with one attached hydrogen (secondary N) is 1. The highest BCUT2D eigenvalue weighted by Gasteiger charge is 2.24. The van der Waals surface area contributed by atoms with Crippen molar-refractivity contribution in [3.63, 3.8) is 0 Å². The Labute approximate surface area is 117 Å².